The van der Waals surface area contributed by atoms with Crippen LogP contribution >= 0.6 is 0 Å². The molecule has 2 heterocycles. The summed E-state index contributed by atoms with van der Waals surface area (Å²) in [6.45, 7) is 8.55. The molecular weight excluding hydrogens is 230 g/mol. The molecule has 0 radical (unpaired) electrons. The highest BCUT2D eigenvalue weighted by atomic mass is 16.5. The second kappa shape index (κ2) is 6.38. The van der Waals surface area contributed by atoms with E-state index >= 15 is 0 Å². The highest BCUT2D eigenvalue weighted by Crippen LogP contribution is 2.15. The molecule has 104 valence electrons. The van der Waals surface area contributed by atoms with Gasteiger partial charge < -0.3 is 19.4 Å². The van der Waals surface area contributed by atoms with Crippen LogP contribution in [0, 0.1) is 0 Å². The second-order valence-corrected chi connectivity index (χ2v) is 5.16. The molecule has 0 atom stereocenters. The number of carbonyl (C=O) groups excluding carboxylic acids is 1. The van der Waals surface area contributed by atoms with Gasteiger partial charge in [0.2, 0.25) is 0 Å². The van der Waals surface area contributed by atoms with Crippen molar-refractivity contribution in [3.05, 3.63) is 0 Å². The average Bonchev–Trinajstić information content (AvgIpc) is 2.47. The summed E-state index contributed by atoms with van der Waals surface area (Å²) >= 11 is 0. The van der Waals surface area contributed by atoms with Crippen LogP contribution in [0.25, 0.3) is 0 Å². The van der Waals surface area contributed by atoms with E-state index in [2.05, 4.69) is 11.8 Å². The molecular formula is C13H25N3O2. The largest absolute Gasteiger partial charge is 0.381 e. The van der Waals surface area contributed by atoms with Crippen LogP contribution in [0.3, 0.4) is 0 Å². The van der Waals surface area contributed by atoms with Crippen LogP contribution in [-0.2, 0) is 4.74 Å². The molecule has 5 nitrogen and oxygen atoms in total. The van der Waals surface area contributed by atoms with E-state index in [0.29, 0.717) is 6.04 Å². The highest BCUT2D eigenvalue weighted by molar-refractivity contribution is 5.74. The fourth-order valence-corrected chi connectivity index (χ4v) is 2.71. The van der Waals surface area contributed by atoms with Crippen LogP contribution in [-0.4, -0.2) is 79.8 Å². The van der Waals surface area contributed by atoms with Crippen LogP contribution < -0.4 is 0 Å². The Bertz CT molecular complexity index is 271. The van der Waals surface area contributed by atoms with Crippen LogP contribution in [0.5, 0.6) is 0 Å². The standard InChI is InChI=1S/C13H25N3O2/c1-3-15-6-8-16(9-7-15)13(17)14(2)12-4-10-18-11-5-12/h12H,3-11H2,1-2H3. The molecule has 0 bridgehead atoms. The predicted molar refractivity (Wildman–Crippen MR) is 70.7 cm³/mol. The first kappa shape index (κ1) is 13.6. The van der Waals surface area contributed by atoms with Gasteiger partial charge in [-0.05, 0) is 19.4 Å². The summed E-state index contributed by atoms with van der Waals surface area (Å²) in [5.41, 5.74) is 0. The lowest BCUT2D eigenvalue weighted by atomic mass is 10.1. The summed E-state index contributed by atoms with van der Waals surface area (Å²) in [6, 6.07) is 0.549. The van der Waals surface area contributed by atoms with Crippen LogP contribution in [0.2, 0.25) is 0 Å². The average molecular weight is 255 g/mol. The van der Waals surface area contributed by atoms with Gasteiger partial charge in [-0.1, -0.05) is 6.92 Å². The van der Waals surface area contributed by atoms with Gasteiger partial charge in [0.25, 0.3) is 0 Å². The molecule has 0 saturated carbocycles. The van der Waals surface area contributed by atoms with Crippen molar-refractivity contribution in [2.75, 3.05) is 53.0 Å². The Kier molecular flexibility index (Phi) is 4.83. The van der Waals surface area contributed by atoms with Crippen molar-refractivity contribution in [1.82, 2.24) is 14.7 Å². The van der Waals surface area contributed by atoms with Crippen LogP contribution in [0.15, 0.2) is 0 Å². The summed E-state index contributed by atoms with van der Waals surface area (Å²) in [5.74, 6) is 0. The van der Waals surface area contributed by atoms with Gasteiger partial charge in [-0.3, -0.25) is 0 Å². The first-order valence-electron chi connectivity index (χ1n) is 7.04. The zero-order chi connectivity index (χ0) is 13.0. The van der Waals surface area contributed by atoms with E-state index in [4.69, 9.17) is 4.74 Å². The Morgan fingerprint density at radius 3 is 2.39 bits per heavy atom. The molecule has 0 N–H and O–H groups in total. The fourth-order valence-electron chi connectivity index (χ4n) is 2.71. The number of hydrogen-bond donors (Lipinski definition) is 0. The number of ether oxygens (including phenoxy) is 1. The Balaban J connectivity index is 1.83. The normalized spacial score (nSPS) is 23.1. The Morgan fingerprint density at radius 2 is 1.83 bits per heavy atom. The van der Waals surface area contributed by atoms with E-state index in [9.17, 15) is 4.79 Å². The van der Waals surface area contributed by atoms with Crippen molar-refractivity contribution in [3.8, 4) is 0 Å². The fraction of sp³-hybridized carbons (Fsp3) is 0.923. The molecule has 0 spiro atoms. The maximum atomic E-state index is 12.4. The maximum Gasteiger partial charge on any atom is 0.320 e. The quantitative estimate of drug-likeness (QED) is 0.734. The molecule has 0 aromatic rings. The highest BCUT2D eigenvalue weighted by Gasteiger charge is 2.27. The smallest absolute Gasteiger partial charge is 0.320 e. The van der Waals surface area contributed by atoms with Gasteiger partial charge in [-0.15, -0.1) is 0 Å². The van der Waals surface area contributed by atoms with E-state index in [1.807, 2.05) is 16.8 Å². The van der Waals surface area contributed by atoms with E-state index < -0.39 is 0 Å². The monoisotopic (exact) mass is 255 g/mol. The van der Waals surface area contributed by atoms with Crippen molar-refractivity contribution in [2.45, 2.75) is 25.8 Å². The van der Waals surface area contributed by atoms with E-state index in [0.717, 1.165) is 58.8 Å². The lowest BCUT2D eigenvalue weighted by Gasteiger charge is -2.39. The number of urea groups is 1. The topological polar surface area (TPSA) is 36.0 Å². The molecule has 0 unspecified atom stereocenters. The van der Waals surface area contributed by atoms with Crippen molar-refractivity contribution in [3.63, 3.8) is 0 Å². The van der Waals surface area contributed by atoms with Gasteiger partial charge in [0, 0.05) is 52.5 Å². The van der Waals surface area contributed by atoms with Gasteiger partial charge in [-0.25, -0.2) is 4.79 Å². The third kappa shape index (κ3) is 3.14. The van der Waals surface area contributed by atoms with Gasteiger partial charge in [0.1, 0.15) is 0 Å². The first-order chi connectivity index (χ1) is 8.72. The molecule has 18 heavy (non-hydrogen) atoms. The third-order valence-electron chi connectivity index (χ3n) is 4.13. The molecule has 2 aliphatic heterocycles. The Morgan fingerprint density at radius 1 is 1.22 bits per heavy atom. The first-order valence-corrected chi connectivity index (χ1v) is 7.04. The van der Waals surface area contributed by atoms with E-state index in [-0.39, 0.29) is 6.03 Å². The van der Waals surface area contributed by atoms with Gasteiger partial charge in [0.05, 0.1) is 0 Å². The zero-order valence-corrected chi connectivity index (χ0v) is 11.6. The molecule has 0 aromatic heterocycles. The summed E-state index contributed by atoms with van der Waals surface area (Å²) in [7, 11) is 1.94. The second-order valence-electron chi connectivity index (χ2n) is 5.16. The zero-order valence-electron chi connectivity index (χ0n) is 11.6. The van der Waals surface area contributed by atoms with Crippen molar-refractivity contribution >= 4 is 6.03 Å². The minimum absolute atomic E-state index is 0.192. The van der Waals surface area contributed by atoms with Crippen molar-refractivity contribution < 1.29 is 9.53 Å². The number of hydrogen-bond acceptors (Lipinski definition) is 3. The molecule has 0 aliphatic carbocycles. The number of amides is 2. The summed E-state index contributed by atoms with van der Waals surface area (Å²) in [4.78, 5) is 18.7. The minimum atomic E-state index is 0.192. The van der Waals surface area contributed by atoms with Crippen molar-refractivity contribution in [2.24, 2.45) is 0 Å². The van der Waals surface area contributed by atoms with E-state index in [1.54, 1.807) is 0 Å². The number of piperazine rings is 1. The molecule has 2 aliphatic rings. The molecule has 2 rings (SSSR count). The predicted octanol–water partition coefficient (Wildman–Crippen LogP) is 0.855. The molecule has 2 fully saturated rings. The Hall–Kier alpha value is -0.810. The maximum absolute atomic E-state index is 12.4. The number of nitrogens with zero attached hydrogens (tertiary/aromatic N) is 3. The number of carbonyl (C=O) groups is 1. The summed E-state index contributed by atoms with van der Waals surface area (Å²) in [6.07, 6.45) is 1.94. The minimum Gasteiger partial charge on any atom is -0.381 e. The van der Waals surface area contributed by atoms with Gasteiger partial charge >= 0.3 is 6.03 Å². The third-order valence-corrected chi connectivity index (χ3v) is 4.13. The van der Waals surface area contributed by atoms with Crippen LogP contribution in [0.4, 0.5) is 4.79 Å². The van der Waals surface area contributed by atoms with Crippen molar-refractivity contribution in [1.29, 1.82) is 0 Å². The SMILES string of the molecule is CCN1CCN(C(=O)N(C)C2CCOCC2)CC1. The lowest BCUT2D eigenvalue weighted by molar-refractivity contribution is 0.0426. The Labute approximate surface area is 110 Å². The summed E-state index contributed by atoms with van der Waals surface area (Å²) < 4.78 is 5.35. The number of rotatable bonds is 2. The molecule has 2 amide bonds. The molecule has 0 aromatic carbocycles. The number of likely N-dealkylation sites (N-methyl/N-ethyl adjacent to an activating group) is 1. The van der Waals surface area contributed by atoms with E-state index in [1.165, 1.54) is 0 Å². The van der Waals surface area contributed by atoms with Gasteiger partial charge in [-0.2, -0.15) is 0 Å². The molecule has 2 saturated heterocycles. The lowest BCUT2D eigenvalue weighted by Crippen LogP contribution is -2.54. The summed E-state index contributed by atoms with van der Waals surface area (Å²) in [5, 5.41) is 0. The van der Waals surface area contributed by atoms with Crippen LogP contribution in [0.1, 0.15) is 19.8 Å². The van der Waals surface area contributed by atoms with Gasteiger partial charge in [0.15, 0.2) is 0 Å². The molecule has 5 heteroatoms.